The zero-order chi connectivity index (χ0) is 13.8. The molecule has 0 atom stereocenters. The molecule has 0 aliphatic heterocycles. The van der Waals surface area contributed by atoms with Crippen LogP contribution < -0.4 is 11.1 Å². The van der Waals surface area contributed by atoms with Gasteiger partial charge in [0.05, 0.1) is 15.7 Å². The smallest absolute Gasteiger partial charge is 0.275 e. The lowest BCUT2D eigenvalue weighted by atomic mass is 10.3. The number of amides is 1. The van der Waals surface area contributed by atoms with Crippen LogP contribution in [0.4, 0.5) is 5.69 Å². The Morgan fingerprint density at radius 1 is 1.53 bits per heavy atom. The van der Waals surface area contributed by atoms with Gasteiger partial charge in [-0.15, -0.1) is 11.3 Å². The number of nitrogens with zero attached hydrogens (tertiary/aromatic N) is 1. The molecule has 2 rings (SSSR count). The first-order valence-corrected chi connectivity index (χ1v) is 7.84. The molecule has 0 saturated heterocycles. The van der Waals surface area contributed by atoms with E-state index in [4.69, 9.17) is 17.3 Å². The molecule has 0 aliphatic rings. The third-order valence-corrected chi connectivity index (χ3v) is 4.21. The summed E-state index contributed by atoms with van der Waals surface area (Å²) in [5, 5.41) is 5.85. The molecule has 0 saturated carbocycles. The molecule has 2 aromatic rings. The first kappa shape index (κ1) is 14.7. The number of carbonyl (C=O) groups excluding carboxylic acids is 1. The van der Waals surface area contributed by atoms with Gasteiger partial charge in [-0.3, -0.25) is 4.79 Å². The minimum Gasteiger partial charge on any atom is -0.330 e. The van der Waals surface area contributed by atoms with E-state index < -0.39 is 0 Å². The fraction of sp³-hybridized carbons (Fsp3) is 0.167. The highest BCUT2D eigenvalue weighted by Crippen LogP contribution is 2.24. The molecule has 7 heteroatoms. The van der Waals surface area contributed by atoms with Crippen molar-refractivity contribution in [3.05, 3.63) is 42.9 Å². The Bertz CT molecular complexity index is 602. The molecule has 3 N–H and O–H groups in total. The molecule has 0 spiro atoms. The van der Waals surface area contributed by atoms with Gasteiger partial charge in [0.25, 0.3) is 5.91 Å². The van der Waals surface area contributed by atoms with Crippen molar-refractivity contribution in [3.8, 4) is 0 Å². The molecule has 1 amide bonds. The van der Waals surface area contributed by atoms with Crippen LogP contribution in [-0.2, 0) is 6.42 Å². The summed E-state index contributed by atoms with van der Waals surface area (Å²) in [5.74, 6) is -0.261. The number of anilines is 1. The van der Waals surface area contributed by atoms with Crippen LogP contribution >= 0.6 is 45.5 Å². The summed E-state index contributed by atoms with van der Waals surface area (Å²) in [6.07, 6.45) is 0.683. The van der Waals surface area contributed by atoms with Crippen LogP contribution in [0.5, 0.6) is 0 Å². The first-order chi connectivity index (χ1) is 9.10. The van der Waals surface area contributed by atoms with E-state index in [1.165, 1.54) is 11.3 Å². The molecular weight excluding hydrogens is 397 g/mol. The van der Waals surface area contributed by atoms with E-state index in [-0.39, 0.29) is 5.91 Å². The fourth-order valence-corrected chi connectivity index (χ4v) is 3.13. The number of benzene rings is 1. The molecule has 19 heavy (non-hydrogen) atoms. The van der Waals surface area contributed by atoms with Gasteiger partial charge in [-0.1, -0.05) is 11.6 Å². The molecule has 0 radical (unpaired) electrons. The molecule has 100 valence electrons. The number of rotatable bonds is 4. The highest BCUT2D eigenvalue weighted by atomic mass is 127. The van der Waals surface area contributed by atoms with Crippen molar-refractivity contribution in [2.75, 3.05) is 11.9 Å². The van der Waals surface area contributed by atoms with Crippen LogP contribution in [-0.4, -0.2) is 17.4 Å². The van der Waals surface area contributed by atoms with Gasteiger partial charge < -0.3 is 11.1 Å². The van der Waals surface area contributed by atoms with E-state index in [1.807, 2.05) is 6.07 Å². The van der Waals surface area contributed by atoms with E-state index in [0.717, 1.165) is 8.58 Å². The Balaban J connectivity index is 2.11. The molecular formula is C12H11ClIN3OS. The average molecular weight is 408 g/mol. The van der Waals surface area contributed by atoms with Crippen LogP contribution in [0.2, 0.25) is 5.02 Å². The Kier molecular flexibility index (Phi) is 5.14. The van der Waals surface area contributed by atoms with Gasteiger partial charge in [0.1, 0.15) is 5.69 Å². The molecule has 4 nitrogen and oxygen atoms in total. The molecule has 0 bridgehead atoms. The van der Waals surface area contributed by atoms with Gasteiger partial charge in [-0.25, -0.2) is 4.98 Å². The molecule has 0 unspecified atom stereocenters. The average Bonchev–Trinajstić information content (AvgIpc) is 2.82. The number of hydrogen-bond donors (Lipinski definition) is 2. The van der Waals surface area contributed by atoms with Crippen LogP contribution in [0, 0.1) is 3.57 Å². The lowest BCUT2D eigenvalue weighted by Crippen LogP contribution is -2.13. The summed E-state index contributed by atoms with van der Waals surface area (Å²) in [6.45, 7) is 0.525. The second kappa shape index (κ2) is 6.65. The third kappa shape index (κ3) is 3.88. The van der Waals surface area contributed by atoms with E-state index in [9.17, 15) is 4.79 Å². The van der Waals surface area contributed by atoms with E-state index in [1.54, 1.807) is 17.5 Å². The summed E-state index contributed by atoms with van der Waals surface area (Å²) in [5.41, 5.74) is 6.43. The van der Waals surface area contributed by atoms with Crippen LogP contribution in [0.25, 0.3) is 0 Å². The van der Waals surface area contributed by atoms with Gasteiger partial charge in [0, 0.05) is 15.4 Å². The highest BCUT2D eigenvalue weighted by Gasteiger charge is 2.12. The Hall–Kier alpha value is -0.700. The summed E-state index contributed by atoms with van der Waals surface area (Å²) < 4.78 is 1.01. The Labute approximate surface area is 133 Å². The predicted octanol–water partition coefficient (Wildman–Crippen LogP) is 3.15. The standard InChI is InChI=1S/C12H11ClIN3OS/c13-8-5-7(14)1-2-9(8)17-12(18)10-6-19-11(16-10)3-4-15/h1-2,5-6H,3-4,15H2,(H,17,18). The second-order valence-corrected chi connectivity index (χ2v) is 6.34. The zero-order valence-electron chi connectivity index (χ0n) is 9.82. The van der Waals surface area contributed by atoms with Crippen molar-refractivity contribution in [3.63, 3.8) is 0 Å². The Morgan fingerprint density at radius 3 is 3.00 bits per heavy atom. The zero-order valence-corrected chi connectivity index (χ0v) is 13.6. The number of aromatic nitrogens is 1. The maximum Gasteiger partial charge on any atom is 0.275 e. The van der Waals surface area contributed by atoms with Gasteiger partial charge in [0.2, 0.25) is 0 Å². The minimum atomic E-state index is -0.261. The van der Waals surface area contributed by atoms with Gasteiger partial charge in [-0.2, -0.15) is 0 Å². The number of nitrogens with two attached hydrogens (primary N) is 1. The molecule has 0 fully saturated rings. The molecule has 1 aromatic heterocycles. The van der Waals surface area contributed by atoms with Crippen molar-refractivity contribution in [2.45, 2.75) is 6.42 Å². The van der Waals surface area contributed by atoms with Crippen LogP contribution in [0.1, 0.15) is 15.5 Å². The predicted molar refractivity (Wildman–Crippen MR) is 87.0 cm³/mol. The molecule has 1 heterocycles. The number of nitrogens with one attached hydrogen (secondary N) is 1. The lowest BCUT2D eigenvalue weighted by Gasteiger charge is -2.05. The van der Waals surface area contributed by atoms with Gasteiger partial charge >= 0.3 is 0 Å². The van der Waals surface area contributed by atoms with Crippen LogP contribution in [0.3, 0.4) is 0 Å². The van der Waals surface area contributed by atoms with Crippen LogP contribution in [0.15, 0.2) is 23.6 Å². The maximum atomic E-state index is 12.0. The largest absolute Gasteiger partial charge is 0.330 e. The lowest BCUT2D eigenvalue weighted by molar-refractivity contribution is 0.102. The number of thiazole rings is 1. The Morgan fingerprint density at radius 2 is 2.32 bits per heavy atom. The summed E-state index contributed by atoms with van der Waals surface area (Å²) in [7, 11) is 0. The summed E-state index contributed by atoms with van der Waals surface area (Å²) in [6, 6.07) is 5.44. The van der Waals surface area contributed by atoms with Gasteiger partial charge in [0.15, 0.2) is 0 Å². The van der Waals surface area contributed by atoms with E-state index in [2.05, 4.69) is 32.9 Å². The number of carbonyl (C=O) groups is 1. The van der Waals surface area contributed by atoms with E-state index in [0.29, 0.717) is 29.4 Å². The fourth-order valence-electron chi connectivity index (χ4n) is 1.43. The van der Waals surface area contributed by atoms with Crippen molar-refractivity contribution in [2.24, 2.45) is 5.73 Å². The summed E-state index contributed by atoms with van der Waals surface area (Å²) >= 11 is 9.66. The highest BCUT2D eigenvalue weighted by molar-refractivity contribution is 14.1. The molecule has 1 aromatic carbocycles. The number of halogens is 2. The molecule has 0 aliphatic carbocycles. The number of hydrogen-bond acceptors (Lipinski definition) is 4. The normalized spacial score (nSPS) is 10.5. The quantitative estimate of drug-likeness (QED) is 0.765. The van der Waals surface area contributed by atoms with E-state index >= 15 is 0 Å². The first-order valence-electron chi connectivity index (χ1n) is 5.51. The summed E-state index contributed by atoms with van der Waals surface area (Å²) in [4.78, 5) is 16.2. The SMILES string of the molecule is NCCc1nc(C(=O)Nc2ccc(I)cc2Cl)cs1. The maximum absolute atomic E-state index is 12.0. The third-order valence-electron chi connectivity index (χ3n) is 2.32. The van der Waals surface area contributed by atoms with Crippen molar-refractivity contribution >= 4 is 57.1 Å². The topological polar surface area (TPSA) is 68.0 Å². The minimum absolute atomic E-state index is 0.261. The van der Waals surface area contributed by atoms with Gasteiger partial charge in [-0.05, 0) is 47.3 Å². The van der Waals surface area contributed by atoms with Crippen molar-refractivity contribution < 1.29 is 4.79 Å². The van der Waals surface area contributed by atoms with Crippen molar-refractivity contribution in [1.82, 2.24) is 4.98 Å². The second-order valence-electron chi connectivity index (χ2n) is 3.74. The van der Waals surface area contributed by atoms with Crippen molar-refractivity contribution in [1.29, 1.82) is 0 Å². The monoisotopic (exact) mass is 407 g/mol.